The van der Waals surface area contributed by atoms with Crippen molar-refractivity contribution in [2.75, 3.05) is 13.1 Å². The topological polar surface area (TPSA) is 49.3 Å². The van der Waals surface area contributed by atoms with E-state index in [1.54, 1.807) is 0 Å². The van der Waals surface area contributed by atoms with Crippen LogP contribution in [0.2, 0.25) is 0 Å². The Morgan fingerprint density at radius 1 is 1.30 bits per heavy atom. The number of fused-ring (bicyclic) bond motifs is 1. The molecule has 1 heterocycles. The van der Waals surface area contributed by atoms with E-state index < -0.39 is 0 Å². The summed E-state index contributed by atoms with van der Waals surface area (Å²) >= 11 is 1.93. The number of aryl methyl sites for hydroxylation is 3. The highest BCUT2D eigenvalue weighted by Gasteiger charge is 2.14. The molecule has 1 aliphatic rings. The number of aliphatic imine (C=N–C) groups is 1. The molecule has 0 aromatic carbocycles. The van der Waals surface area contributed by atoms with Crippen molar-refractivity contribution >= 4 is 41.3 Å². The van der Waals surface area contributed by atoms with Gasteiger partial charge < -0.3 is 10.6 Å². The van der Waals surface area contributed by atoms with Crippen LogP contribution in [0.5, 0.6) is 0 Å². The van der Waals surface area contributed by atoms with Gasteiger partial charge in [0.05, 0.1) is 10.7 Å². The van der Waals surface area contributed by atoms with Crippen molar-refractivity contribution in [3.63, 3.8) is 0 Å². The molecule has 6 heteroatoms. The Kier molecular flexibility index (Phi) is 10.1. The van der Waals surface area contributed by atoms with Crippen LogP contribution in [0.1, 0.15) is 62.0 Å². The van der Waals surface area contributed by atoms with Gasteiger partial charge in [0.15, 0.2) is 5.96 Å². The number of thiazole rings is 1. The molecule has 0 saturated carbocycles. The van der Waals surface area contributed by atoms with E-state index in [4.69, 9.17) is 4.98 Å². The predicted molar refractivity (Wildman–Crippen MR) is 111 cm³/mol. The molecule has 0 fully saturated rings. The predicted octanol–water partition coefficient (Wildman–Crippen LogP) is 3.93. The minimum atomic E-state index is 0. The quantitative estimate of drug-likeness (QED) is 0.287. The molecule has 0 aliphatic heterocycles. The highest BCUT2D eigenvalue weighted by molar-refractivity contribution is 14.0. The molecule has 0 amide bonds. The normalized spacial score (nSPS) is 15.5. The third kappa shape index (κ3) is 6.95. The molecule has 1 aromatic heterocycles. The highest BCUT2D eigenvalue weighted by atomic mass is 127. The maximum Gasteiger partial charge on any atom is 0.191 e. The summed E-state index contributed by atoms with van der Waals surface area (Å²) in [6, 6.07) is 0.462. The van der Waals surface area contributed by atoms with E-state index >= 15 is 0 Å². The first-order chi connectivity index (χ1) is 10.7. The summed E-state index contributed by atoms with van der Waals surface area (Å²) < 4.78 is 0. The number of halogens is 1. The molecule has 23 heavy (non-hydrogen) atoms. The van der Waals surface area contributed by atoms with Crippen molar-refractivity contribution in [2.24, 2.45) is 4.99 Å². The van der Waals surface area contributed by atoms with Crippen molar-refractivity contribution in [3.05, 3.63) is 15.6 Å². The summed E-state index contributed by atoms with van der Waals surface area (Å²) in [4.78, 5) is 11.0. The van der Waals surface area contributed by atoms with E-state index in [2.05, 4.69) is 36.4 Å². The molecule has 2 N–H and O–H groups in total. The van der Waals surface area contributed by atoms with Crippen LogP contribution >= 0.6 is 35.3 Å². The lowest BCUT2D eigenvalue weighted by Crippen LogP contribution is -2.42. The van der Waals surface area contributed by atoms with Gasteiger partial charge in [-0.25, -0.2) is 4.98 Å². The van der Waals surface area contributed by atoms with Gasteiger partial charge in [-0.2, -0.15) is 0 Å². The molecule has 0 radical (unpaired) electrons. The van der Waals surface area contributed by atoms with Crippen molar-refractivity contribution < 1.29 is 0 Å². The van der Waals surface area contributed by atoms with E-state index in [0.29, 0.717) is 6.04 Å². The zero-order valence-electron chi connectivity index (χ0n) is 14.7. The Balaban J connectivity index is 0.00000264. The summed E-state index contributed by atoms with van der Waals surface area (Å²) in [5, 5.41) is 8.05. The first kappa shape index (κ1) is 20.7. The summed E-state index contributed by atoms with van der Waals surface area (Å²) in [6.07, 6.45) is 8.32. The Morgan fingerprint density at radius 3 is 2.78 bits per heavy atom. The van der Waals surface area contributed by atoms with Crippen molar-refractivity contribution in [2.45, 2.75) is 71.8 Å². The van der Waals surface area contributed by atoms with Crippen LogP contribution in [0.4, 0.5) is 0 Å². The van der Waals surface area contributed by atoms with Crippen LogP contribution in [0.25, 0.3) is 0 Å². The molecule has 4 nitrogen and oxygen atoms in total. The fourth-order valence-corrected chi connectivity index (χ4v) is 3.79. The van der Waals surface area contributed by atoms with Crippen molar-refractivity contribution in [1.82, 2.24) is 15.6 Å². The second-order valence-corrected chi connectivity index (χ2v) is 7.17. The van der Waals surface area contributed by atoms with Crippen LogP contribution in [0.3, 0.4) is 0 Å². The maximum absolute atomic E-state index is 4.80. The Morgan fingerprint density at radius 2 is 2.09 bits per heavy atom. The van der Waals surface area contributed by atoms with E-state index in [9.17, 15) is 0 Å². The van der Waals surface area contributed by atoms with Gasteiger partial charge in [-0.05, 0) is 52.4 Å². The van der Waals surface area contributed by atoms with Gasteiger partial charge in [0.1, 0.15) is 0 Å². The fourth-order valence-electron chi connectivity index (χ4n) is 2.59. The average Bonchev–Trinajstić information content (AvgIpc) is 2.94. The van der Waals surface area contributed by atoms with Crippen LogP contribution in [-0.4, -0.2) is 30.1 Å². The second kappa shape index (κ2) is 11.2. The van der Waals surface area contributed by atoms with Crippen LogP contribution in [-0.2, 0) is 19.3 Å². The Hall–Kier alpha value is -0.370. The molecular weight excluding hydrogens is 419 g/mol. The summed E-state index contributed by atoms with van der Waals surface area (Å²) in [5.41, 5.74) is 1.38. The molecule has 0 saturated heterocycles. The van der Waals surface area contributed by atoms with Crippen molar-refractivity contribution in [1.29, 1.82) is 0 Å². The minimum Gasteiger partial charge on any atom is -0.357 e. The number of aromatic nitrogens is 1. The number of hydrogen-bond donors (Lipinski definition) is 2. The number of hydrogen-bond acceptors (Lipinski definition) is 3. The van der Waals surface area contributed by atoms with Crippen LogP contribution < -0.4 is 10.6 Å². The van der Waals surface area contributed by atoms with Gasteiger partial charge in [0.2, 0.25) is 0 Å². The SMILES string of the molecule is CCNC(=NCCCc1nc2c(s1)CCCC2)NC(C)CC.I. The summed E-state index contributed by atoms with van der Waals surface area (Å²) in [7, 11) is 0. The fraction of sp³-hybridized carbons (Fsp3) is 0.765. The zero-order valence-corrected chi connectivity index (χ0v) is 17.8. The van der Waals surface area contributed by atoms with Gasteiger partial charge in [-0.1, -0.05) is 6.92 Å². The van der Waals surface area contributed by atoms with Gasteiger partial charge >= 0.3 is 0 Å². The molecule has 1 atom stereocenters. The van der Waals surface area contributed by atoms with E-state index in [-0.39, 0.29) is 24.0 Å². The summed E-state index contributed by atoms with van der Waals surface area (Å²) in [5.74, 6) is 0.940. The number of nitrogens with zero attached hydrogens (tertiary/aromatic N) is 2. The van der Waals surface area contributed by atoms with Crippen LogP contribution in [0, 0.1) is 0 Å². The first-order valence-corrected chi connectivity index (χ1v) is 9.56. The lowest BCUT2D eigenvalue weighted by Gasteiger charge is -2.16. The lowest BCUT2D eigenvalue weighted by molar-refractivity contribution is 0.623. The van der Waals surface area contributed by atoms with Gasteiger partial charge in [-0.15, -0.1) is 35.3 Å². The third-order valence-electron chi connectivity index (χ3n) is 4.05. The van der Waals surface area contributed by atoms with E-state index in [1.807, 2.05) is 11.3 Å². The first-order valence-electron chi connectivity index (χ1n) is 8.75. The molecule has 1 aliphatic carbocycles. The average molecular weight is 450 g/mol. The van der Waals surface area contributed by atoms with Gasteiger partial charge in [0, 0.05) is 30.4 Å². The van der Waals surface area contributed by atoms with E-state index in [0.717, 1.165) is 38.3 Å². The van der Waals surface area contributed by atoms with E-state index in [1.165, 1.54) is 41.3 Å². The molecule has 0 spiro atoms. The molecule has 1 aromatic rings. The van der Waals surface area contributed by atoms with Gasteiger partial charge in [0.25, 0.3) is 0 Å². The smallest absolute Gasteiger partial charge is 0.191 e. The van der Waals surface area contributed by atoms with Gasteiger partial charge in [-0.3, -0.25) is 4.99 Å². The molecule has 0 bridgehead atoms. The van der Waals surface area contributed by atoms with Crippen LogP contribution in [0.15, 0.2) is 4.99 Å². The Labute approximate surface area is 162 Å². The maximum atomic E-state index is 4.80. The Bertz CT molecular complexity index is 463. The number of nitrogens with one attached hydrogen (secondary N) is 2. The minimum absolute atomic E-state index is 0. The molecular formula is C17H31IN4S. The monoisotopic (exact) mass is 450 g/mol. The lowest BCUT2D eigenvalue weighted by atomic mass is 10.0. The largest absolute Gasteiger partial charge is 0.357 e. The number of guanidine groups is 1. The molecule has 1 unspecified atom stereocenters. The van der Waals surface area contributed by atoms with Crippen molar-refractivity contribution in [3.8, 4) is 0 Å². The zero-order chi connectivity index (χ0) is 15.8. The second-order valence-electron chi connectivity index (χ2n) is 6.00. The third-order valence-corrected chi connectivity index (χ3v) is 5.27. The molecule has 2 rings (SSSR count). The highest BCUT2D eigenvalue weighted by Crippen LogP contribution is 2.27. The number of rotatable bonds is 7. The molecule has 132 valence electrons. The summed E-state index contributed by atoms with van der Waals surface area (Å²) in [6.45, 7) is 8.24. The standard InChI is InChI=1S/C17H30N4S.HI/c1-4-13(3)20-17(18-5-2)19-12-8-11-16-21-14-9-6-7-10-15(14)22-16;/h13H,4-12H2,1-3H3,(H2,18,19,20);1H.